The quantitative estimate of drug-likeness (QED) is 0.751. The molecule has 0 amide bonds. The van der Waals surface area contributed by atoms with Crippen LogP contribution in [0.4, 0.5) is 0 Å². The summed E-state index contributed by atoms with van der Waals surface area (Å²) in [5.41, 5.74) is 0. The third-order valence-corrected chi connectivity index (χ3v) is 3.43. The second-order valence-electron chi connectivity index (χ2n) is 4.74. The lowest BCUT2D eigenvalue weighted by atomic mass is 9.96. The van der Waals surface area contributed by atoms with Gasteiger partial charge in [0, 0.05) is 6.54 Å². The van der Waals surface area contributed by atoms with Crippen LogP contribution in [-0.2, 0) is 9.53 Å². The van der Waals surface area contributed by atoms with E-state index in [2.05, 4.69) is 17.1 Å². The van der Waals surface area contributed by atoms with Crippen molar-refractivity contribution in [2.24, 2.45) is 5.92 Å². The van der Waals surface area contributed by atoms with E-state index >= 15 is 0 Å². The summed E-state index contributed by atoms with van der Waals surface area (Å²) in [6, 6.07) is -0.0467. The lowest BCUT2D eigenvalue weighted by Gasteiger charge is -2.36. The normalized spacial score (nSPS) is 22.1. The predicted octanol–water partition coefficient (Wildman–Crippen LogP) is 1.68. The second-order valence-corrected chi connectivity index (χ2v) is 4.74. The summed E-state index contributed by atoms with van der Waals surface area (Å²) in [7, 11) is 1.99. The molecule has 2 unspecified atom stereocenters. The Kier molecular flexibility index (Phi) is 9.42. The van der Waals surface area contributed by atoms with Gasteiger partial charge in [0.1, 0.15) is 6.04 Å². The summed E-state index contributed by atoms with van der Waals surface area (Å²) in [5, 5.41) is 3.23. The molecule has 0 saturated carbocycles. The Morgan fingerprint density at radius 2 is 2.22 bits per heavy atom. The molecule has 5 heteroatoms. The van der Waals surface area contributed by atoms with Gasteiger partial charge in [0.05, 0.1) is 6.61 Å². The minimum Gasteiger partial charge on any atom is -0.465 e. The van der Waals surface area contributed by atoms with Crippen LogP contribution >= 0.6 is 12.4 Å². The number of halogens is 1. The van der Waals surface area contributed by atoms with Gasteiger partial charge in [0.25, 0.3) is 0 Å². The van der Waals surface area contributed by atoms with Gasteiger partial charge < -0.3 is 10.1 Å². The number of nitrogens with one attached hydrogen (secondary N) is 1. The smallest absolute Gasteiger partial charge is 0.323 e. The third-order valence-electron chi connectivity index (χ3n) is 3.43. The third kappa shape index (κ3) is 5.12. The van der Waals surface area contributed by atoms with Gasteiger partial charge in [-0.2, -0.15) is 0 Å². The number of piperidine rings is 1. The molecule has 108 valence electrons. The number of esters is 1. The van der Waals surface area contributed by atoms with Crippen LogP contribution in [-0.4, -0.2) is 50.2 Å². The number of carbonyl (C=O) groups is 1. The summed E-state index contributed by atoms with van der Waals surface area (Å²) >= 11 is 0. The monoisotopic (exact) mass is 278 g/mol. The van der Waals surface area contributed by atoms with Crippen LogP contribution in [0.1, 0.15) is 33.1 Å². The van der Waals surface area contributed by atoms with E-state index < -0.39 is 0 Å². The van der Waals surface area contributed by atoms with Gasteiger partial charge in [-0.3, -0.25) is 9.69 Å². The van der Waals surface area contributed by atoms with Gasteiger partial charge in [-0.05, 0) is 52.2 Å². The number of nitrogens with zero attached hydrogens (tertiary/aromatic N) is 1. The van der Waals surface area contributed by atoms with Crippen molar-refractivity contribution in [2.45, 2.75) is 39.2 Å². The predicted molar refractivity (Wildman–Crippen MR) is 76.2 cm³/mol. The van der Waals surface area contributed by atoms with Crippen LogP contribution in [0.3, 0.4) is 0 Å². The number of carbonyl (C=O) groups excluding carboxylic acids is 1. The maximum atomic E-state index is 11.9. The highest BCUT2D eigenvalue weighted by molar-refractivity contribution is 5.85. The molecule has 1 aliphatic heterocycles. The van der Waals surface area contributed by atoms with Crippen LogP contribution in [0, 0.1) is 5.92 Å². The molecule has 1 saturated heterocycles. The van der Waals surface area contributed by atoms with Crippen molar-refractivity contribution in [3.8, 4) is 0 Å². The first-order valence-corrected chi connectivity index (χ1v) is 6.78. The van der Waals surface area contributed by atoms with Gasteiger partial charge in [-0.1, -0.05) is 6.92 Å². The number of hydrogen-bond acceptors (Lipinski definition) is 4. The highest BCUT2D eigenvalue weighted by Gasteiger charge is 2.29. The zero-order valence-corrected chi connectivity index (χ0v) is 12.6. The molecule has 1 heterocycles. The molecule has 1 rings (SSSR count). The van der Waals surface area contributed by atoms with Crippen molar-refractivity contribution in [2.75, 3.05) is 33.3 Å². The van der Waals surface area contributed by atoms with Crippen molar-refractivity contribution in [1.82, 2.24) is 10.2 Å². The van der Waals surface area contributed by atoms with E-state index in [1.54, 1.807) is 0 Å². The fourth-order valence-corrected chi connectivity index (χ4v) is 2.65. The second kappa shape index (κ2) is 9.59. The standard InChI is InChI=1S/C13H26N2O2.ClH/c1-4-12(13(16)17-5-2)15-8-6-7-11(10-15)9-14-3;/h11-12,14H,4-10H2,1-3H3;1H. The average molecular weight is 279 g/mol. The van der Waals surface area contributed by atoms with Crippen molar-refractivity contribution < 1.29 is 9.53 Å². The zero-order valence-electron chi connectivity index (χ0n) is 11.8. The molecule has 0 spiro atoms. The largest absolute Gasteiger partial charge is 0.465 e. The van der Waals surface area contributed by atoms with Gasteiger partial charge in [-0.25, -0.2) is 0 Å². The molecule has 0 bridgehead atoms. The first-order valence-electron chi connectivity index (χ1n) is 6.78. The van der Waals surface area contributed by atoms with Crippen LogP contribution in [0.15, 0.2) is 0 Å². The van der Waals surface area contributed by atoms with Crippen LogP contribution in [0.25, 0.3) is 0 Å². The summed E-state index contributed by atoms with van der Waals surface area (Å²) in [5.74, 6) is 0.609. The molecule has 1 fully saturated rings. The van der Waals surface area contributed by atoms with Crippen LogP contribution in [0.2, 0.25) is 0 Å². The van der Waals surface area contributed by atoms with Crippen LogP contribution < -0.4 is 5.32 Å². The fraction of sp³-hybridized carbons (Fsp3) is 0.923. The summed E-state index contributed by atoms with van der Waals surface area (Å²) < 4.78 is 5.15. The Labute approximate surface area is 117 Å². The summed E-state index contributed by atoms with van der Waals surface area (Å²) in [4.78, 5) is 14.2. The van der Waals surface area contributed by atoms with E-state index in [1.807, 2.05) is 14.0 Å². The number of hydrogen-bond donors (Lipinski definition) is 1. The van der Waals surface area contributed by atoms with Gasteiger partial charge in [0.2, 0.25) is 0 Å². The molecule has 0 aromatic rings. The SMILES string of the molecule is CCOC(=O)C(CC)N1CCCC(CNC)C1.Cl. The molecule has 2 atom stereocenters. The number of rotatable bonds is 6. The Balaban J connectivity index is 0.00000289. The Bertz CT molecular complexity index is 237. The van der Waals surface area contributed by atoms with Gasteiger partial charge in [-0.15, -0.1) is 12.4 Å². The first-order chi connectivity index (χ1) is 8.22. The minimum absolute atomic E-state index is 0. The van der Waals surface area contributed by atoms with E-state index in [-0.39, 0.29) is 24.4 Å². The number of likely N-dealkylation sites (tertiary alicyclic amines) is 1. The average Bonchev–Trinajstić information content (AvgIpc) is 2.31. The molecule has 0 aromatic heterocycles. The summed E-state index contributed by atoms with van der Waals surface area (Å²) in [6.45, 7) is 7.47. The molecule has 1 aliphatic rings. The number of ether oxygens (including phenoxy) is 1. The van der Waals surface area contributed by atoms with Crippen molar-refractivity contribution in [1.29, 1.82) is 0 Å². The molecule has 1 N–H and O–H groups in total. The molecule has 0 aliphatic carbocycles. The van der Waals surface area contributed by atoms with E-state index in [0.29, 0.717) is 12.5 Å². The topological polar surface area (TPSA) is 41.6 Å². The van der Waals surface area contributed by atoms with Crippen molar-refractivity contribution in [3.05, 3.63) is 0 Å². The molecular formula is C13H27ClN2O2. The maximum absolute atomic E-state index is 11.9. The Morgan fingerprint density at radius 3 is 2.78 bits per heavy atom. The Hall–Kier alpha value is -0.320. The highest BCUT2D eigenvalue weighted by Crippen LogP contribution is 2.19. The van der Waals surface area contributed by atoms with Crippen LogP contribution in [0.5, 0.6) is 0 Å². The Morgan fingerprint density at radius 1 is 1.50 bits per heavy atom. The molecule has 0 radical (unpaired) electrons. The molecule has 0 aromatic carbocycles. The zero-order chi connectivity index (χ0) is 12.7. The maximum Gasteiger partial charge on any atom is 0.323 e. The van der Waals surface area contributed by atoms with Crippen molar-refractivity contribution in [3.63, 3.8) is 0 Å². The molecule has 4 nitrogen and oxygen atoms in total. The molecular weight excluding hydrogens is 252 g/mol. The van der Waals surface area contributed by atoms with E-state index in [9.17, 15) is 4.79 Å². The van der Waals surface area contributed by atoms with Crippen molar-refractivity contribution >= 4 is 18.4 Å². The van der Waals surface area contributed by atoms with Gasteiger partial charge in [0.15, 0.2) is 0 Å². The minimum atomic E-state index is -0.0555. The fourth-order valence-electron chi connectivity index (χ4n) is 2.65. The van der Waals surface area contributed by atoms with E-state index in [0.717, 1.165) is 26.1 Å². The highest BCUT2D eigenvalue weighted by atomic mass is 35.5. The van der Waals surface area contributed by atoms with E-state index in [4.69, 9.17) is 4.74 Å². The lowest BCUT2D eigenvalue weighted by molar-refractivity contribution is -0.150. The summed E-state index contributed by atoms with van der Waals surface area (Å²) in [6.07, 6.45) is 3.28. The van der Waals surface area contributed by atoms with Gasteiger partial charge >= 0.3 is 5.97 Å². The first kappa shape index (κ1) is 17.7. The van der Waals surface area contributed by atoms with E-state index in [1.165, 1.54) is 12.8 Å². The lowest BCUT2D eigenvalue weighted by Crippen LogP contribution is -2.48. The molecule has 18 heavy (non-hydrogen) atoms.